The van der Waals surface area contributed by atoms with Crippen molar-refractivity contribution in [3.8, 4) is 0 Å². The predicted molar refractivity (Wildman–Crippen MR) is 48.2 cm³/mol. The number of quaternary nitrogens is 2. The molecule has 0 radical (unpaired) electrons. The Balaban J connectivity index is -0.0000000653. The summed E-state index contributed by atoms with van der Waals surface area (Å²) in [5.74, 6) is 0. The Bertz CT molecular complexity index is 262. The molecule has 0 unspecified atom stereocenters. The van der Waals surface area contributed by atoms with Gasteiger partial charge in [0, 0.05) is 0 Å². The van der Waals surface area contributed by atoms with Crippen LogP contribution in [0.1, 0.15) is 0 Å². The molecule has 0 atom stereocenters. The third-order valence-electron chi connectivity index (χ3n) is 0.408. The lowest BCUT2D eigenvalue weighted by Gasteiger charge is -1.98. The second-order valence-electron chi connectivity index (χ2n) is 1.15. The lowest BCUT2D eigenvalue weighted by molar-refractivity contribution is -0.325. The summed E-state index contributed by atoms with van der Waals surface area (Å²) in [5.41, 5.74) is 3.25. The van der Waals surface area contributed by atoms with Gasteiger partial charge in [-0.25, -0.2) is 16.8 Å². The fourth-order valence-electron chi connectivity index (χ4n) is 0. The van der Waals surface area contributed by atoms with Gasteiger partial charge >= 0.3 is 0 Å². The van der Waals surface area contributed by atoms with Gasteiger partial charge in [0.2, 0.25) is 20.8 Å². The van der Waals surface area contributed by atoms with E-state index < -0.39 is 20.8 Å². The number of rotatable bonds is 2. The average Bonchev–Trinajstić information content (AvgIpc) is 2.07. The third kappa shape index (κ3) is 58.0. The second kappa shape index (κ2) is 11.7. The second-order valence-corrected chi connectivity index (χ2v) is 3.45. The van der Waals surface area contributed by atoms with Crippen molar-refractivity contribution in [1.82, 2.24) is 6.15 Å². The number of hydrogen-bond acceptors (Lipinski definition) is 8. The molecule has 0 aliphatic rings. The van der Waals surface area contributed by atoms with Crippen LogP contribution in [-0.2, 0) is 29.2 Å². The van der Waals surface area contributed by atoms with Crippen LogP contribution in [0.2, 0.25) is 0 Å². The highest BCUT2D eigenvalue weighted by molar-refractivity contribution is 7.81. The van der Waals surface area contributed by atoms with Gasteiger partial charge in [-0.2, -0.15) is 0 Å². The van der Waals surface area contributed by atoms with Crippen molar-refractivity contribution in [2.45, 2.75) is 0 Å². The fraction of sp³-hybridized carbons (Fsp3) is 1.00. The zero-order chi connectivity index (χ0) is 12.4. The Kier molecular flexibility index (Phi) is 18.8. The summed E-state index contributed by atoms with van der Waals surface area (Å²) in [4.78, 5) is 0. The molecule has 0 aliphatic carbocycles. The third-order valence-corrected chi connectivity index (χ3v) is 1.22. The quantitative estimate of drug-likeness (QED) is 0.403. The Labute approximate surface area is 88.9 Å². The maximum absolute atomic E-state index is 9.22. The molecule has 0 aromatic heterocycles. The highest BCUT2D eigenvalue weighted by Crippen LogP contribution is 1.74. The molecular weight excluding hydrogens is 256 g/mol. The summed E-state index contributed by atoms with van der Waals surface area (Å²) >= 11 is 0. The maximum atomic E-state index is 9.22. The molecule has 0 saturated heterocycles. The molecule has 15 heavy (non-hydrogen) atoms. The van der Waals surface area contributed by atoms with Gasteiger partial charge in [0.25, 0.3) is 0 Å². The Hall–Kier alpha value is -0.340. The van der Waals surface area contributed by atoms with Crippen molar-refractivity contribution >= 4 is 20.8 Å². The van der Waals surface area contributed by atoms with Crippen LogP contribution in [0.4, 0.5) is 0 Å². The molecule has 0 saturated carbocycles. The molecule has 0 rings (SSSR count). The summed E-state index contributed by atoms with van der Waals surface area (Å²) in [6, 6.07) is 0. The van der Waals surface area contributed by atoms with Crippen LogP contribution in [0.5, 0.6) is 0 Å². The smallest absolute Gasteiger partial charge is 0.217 e. The molecular formula is C3H16N2O8S2. The zero-order valence-corrected chi connectivity index (χ0v) is 10.4. The highest BCUT2D eigenvalue weighted by Gasteiger charge is 1.79. The van der Waals surface area contributed by atoms with Gasteiger partial charge < -0.3 is 21.0 Å². The summed E-state index contributed by atoms with van der Waals surface area (Å²) in [5, 5.41) is 0. The van der Waals surface area contributed by atoms with Crippen LogP contribution in [0, 0.1) is 0 Å². The van der Waals surface area contributed by atoms with E-state index in [9.17, 15) is 25.9 Å². The van der Waals surface area contributed by atoms with Gasteiger partial charge in [-0.1, -0.05) is 0 Å². The monoisotopic (exact) mass is 272 g/mol. The van der Waals surface area contributed by atoms with E-state index in [1.807, 2.05) is 0 Å². The summed E-state index contributed by atoms with van der Waals surface area (Å²) in [6.07, 6.45) is 0. The van der Waals surface area contributed by atoms with Crippen molar-refractivity contribution in [2.75, 3.05) is 21.3 Å². The van der Waals surface area contributed by atoms with Crippen LogP contribution in [0.3, 0.4) is 0 Å². The van der Waals surface area contributed by atoms with Gasteiger partial charge in [-0.05, 0) is 0 Å². The van der Waals surface area contributed by atoms with E-state index in [1.165, 1.54) is 0 Å². The van der Waals surface area contributed by atoms with Crippen molar-refractivity contribution in [3.63, 3.8) is 0 Å². The van der Waals surface area contributed by atoms with Crippen LogP contribution >= 0.6 is 0 Å². The first kappa shape index (κ1) is 24.1. The van der Waals surface area contributed by atoms with E-state index in [4.69, 9.17) is 0 Å². The molecule has 0 spiro atoms. The Morgan fingerprint density at radius 1 is 0.867 bits per heavy atom. The number of hydrogen-bond donors (Lipinski definition) is 2. The standard InChI is InChI=1S/CH5N.2CH4O4S.H3N/c1-2;2*1-5-6(2,3)4;/h2H2,1H3;2*1H3,(H,2,3,4);1H3. The first-order chi connectivity index (χ1) is 6.12. The molecule has 0 bridgehead atoms. The van der Waals surface area contributed by atoms with Crippen molar-refractivity contribution in [3.05, 3.63) is 0 Å². The molecule has 12 heteroatoms. The molecule has 0 amide bonds. The molecule has 10 nitrogen and oxygen atoms in total. The Morgan fingerprint density at radius 3 is 0.933 bits per heavy atom. The minimum absolute atomic E-state index is 0. The van der Waals surface area contributed by atoms with Crippen molar-refractivity contribution in [1.29, 1.82) is 0 Å². The zero-order valence-electron chi connectivity index (χ0n) is 8.79. The normalized spacial score (nSPS) is 9.73. The van der Waals surface area contributed by atoms with E-state index in [0.717, 1.165) is 14.2 Å². The van der Waals surface area contributed by atoms with Gasteiger partial charge in [-0.15, -0.1) is 0 Å². The molecule has 0 heterocycles. The predicted octanol–water partition coefficient (Wildman–Crippen LogP) is -2.58. The van der Waals surface area contributed by atoms with E-state index in [1.54, 1.807) is 7.05 Å². The topological polar surface area (TPSA) is 197 Å². The molecule has 98 valence electrons. The van der Waals surface area contributed by atoms with E-state index in [-0.39, 0.29) is 6.15 Å². The van der Waals surface area contributed by atoms with Crippen LogP contribution in [0.25, 0.3) is 0 Å². The molecule has 0 aromatic rings. The Morgan fingerprint density at radius 2 is 0.933 bits per heavy atom. The molecule has 0 aromatic carbocycles. The van der Waals surface area contributed by atoms with Gasteiger partial charge in [0.05, 0.1) is 21.3 Å². The summed E-state index contributed by atoms with van der Waals surface area (Å²) in [7, 11) is -5.46. The average molecular weight is 272 g/mol. The fourth-order valence-corrected chi connectivity index (χ4v) is 0. The SMILES string of the molecule is COS(=O)(=O)[O-].COS(=O)(=O)[O-].C[NH3+].[NH4+]. The van der Waals surface area contributed by atoms with Crippen LogP contribution < -0.4 is 11.9 Å². The van der Waals surface area contributed by atoms with E-state index in [0.29, 0.717) is 0 Å². The maximum Gasteiger partial charge on any atom is 0.217 e. The van der Waals surface area contributed by atoms with Gasteiger partial charge in [0.1, 0.15) is 0 Å². The van der Waals surface area contributed by atoms with Crippen molar-refractivity contribution in [2.24, 2.45) is 0 Å². The molecule has 0 fully saturated rings. The summed E-state index contributed by atoms with van der Waals surface area (Å²) in [6.45, 7) is 0. The van der Waals surface area contributed by atoms with Crippen molar-refractivity contribution < 1.29 is 40.0 Å². The first-order valence-electron chi connectivity index (χ1n) is 2.86. The van der Waals surface area contributed by atoms with Crippen LogP contribution in [0.15, 0.2) is 0 Å². The molecule has 7 N–H and O–H groups in total. The minimum atomic E-state index is -4.41. The summed E-state index contributed by atoms with van der Waals surface area (Å²) < 4.78 is 62.0. The van der Waals surface area contributed by atoms with Crippen LogP contribution in [-0.4, -0.2) is 47.2 Å². The molecule has 0 aliphatic heterocycles. The lowest BCUT2D eigenvalue weighted by Crippen LogP contribution is -2.40. The van der Waals surface area contributed by atoms with E-state index >= 15 is 0 Å². The minimum Gasteiger partial charge on any atom is -0.726 e. The first-order valence-corrected chi connectivity index (χ1v) is 5.52. The lowest BCUT2D eigenvalue weighted by atomic mass is 11.6. The van der Waals surface area contributed by atoms with Gasteiger partial charge in [-0.3, -0.25) is 8.37 Å². The van der Waals surface area contributed by atoms with E-state index in [2.05, 4.69) is 14.1 Å². The largest absolute Gasteiger partial charge is 0.726 e. The van der Waals surface area contributed by atoms with Gasteiger partial charge in [0.15, 0.2) is 0 Å². The highest BCUT2D eigenvalue weighted by atomic mass is 32.3.